The molecule has 3 aliphatic heterocycles. The average Bonchev–Trinajstić information content (AvgIpc) is 3.40. The van der Waals surface area contributed by atoms with Gasteiger partial charge in [-0.25, -0.2) is 0 Å². The van der Waals surface area contributed by atoms with Gasteiger partial charge in [-0.1, -0.05) is 0 Å². The van der Waals surface area contributed by atoms with E-state index in [-0.39, 0.29) is 18.3 Å². The monoisotopic (exact) mass is 361 g/mol. The van der Waals surface area contributed by atoms with Crippen LogP contribution in [-0.4, -0.2) is 62.7 Å². The molecule has 3 heterocycles. The lowest BCUT2D eigenvalue weighted by molar-refractivity contribution is -0.0956. The highest BCUT2D eigenvalue weighted by atomic mass is 16.7. The van der Waals surface area contributed by atoms with Crippen molar-refractivity contribution in [3.8, 4) is 5.75 Å². The van der Waals surface area contributed by atoms with Crippen molar-refractivity contribution in [2.24, 2.45) is 5.92 Å². The van der Waals surface area contributed by atoms with Crippen LogP contribution in [0.4, 0.5) is 0 Å². The average molecular weight is 361 g/mol. The van der Waals surface area contributed by atoms with Crippen molar-refractivity contribution in [2.45, 2.75) is 38.1 Å². The van der Waals surface area contributed by atoms with E-state index in [9.17, 15) is 4.79 Å². The van der Waals surface area contributed by atoms with Crippen LogP contribution in [0.25, 0.3) is 0 Å². The molecule has 3 aliphatic rings. The summed E-state index contributed by atoms with van der Waals surface area (Å²) in [4.78, 5) is 14.6. The summed E-state index contributed by atoms with van der Waals surface area (Å²) in [6.07, 6.45) is 4.15. The van der Waals surface area contributed by atoms with Gasteiger partial charge in [0.1, 0.15) is 12.4 Å². The molecule has 1 amide bonds. The van der Waals surface area contributed by atoms with Gasteiger partial charge in [0.15, 0.2) is 6.29 Å². The zero-order valence-electron chi connectivity index (χ0n) is 15.1. The van der Waals surface area contributed by atoms with E-state index in [1.807, 2.05) is 29.2 Å². The first-order chi connectivity index (χ1) is 12.8. The van der Waals surface area contributed by atoms with Crippen molar-refractivity contribution >= 4 is 5.91 Å². The Kier molecular flexibility index (Phi) is 5.72. The Morgan fingerprint density at radius 2 is 1.73 bits per heavy atom. The zero-order chi connectivity index (χ0) is 17.8. The smallest absolute Gasteiger partial charge is 0.253 e. The minimum atomic E-state index is -0.0764. The van der Waals surface area contributed by atoms with E-state index >= 15 is 0 Å². The first kappa shape index (κ1) is 17.8. The molecule has 6 heteroatoms. The SMILES string of the molecule is O=C(c1ccc(OCC2CCCO2)cc1)N1CCC(C2OCCO2)CC1. The van der Waals surface area contributed by atoms with Crippen LogP contribution < -0.4 is 4.74 Å². The second-order valence-electron chi connectivity index (χ2n) is 7.21. The van der Waals surface area contributed by atoms with Crippen molar-refractivity contribution in [2.75, 3.05) is 39.5 Å². The highest BCUT2D eigenvalue weighted by Gasteiger charge is 2.32. The maximum absolute atomic E-state index is 12.7. The van der Waals surface area contributed by atoms with E-state index < -0.39 is 0 Å². The Hall–Kier alpha value is -1.63. The number of likely N-dealkylation sites (tertiary alicyclic amines) is 1. The van der Waals surface area contributed by atoms with Gasteiger partial charge in [0.2, 0.25) is 0 Å². The summed E-state index contributed by atoms with van der Waals surface area (Å²) < 4.78 is 22.5. The Balaban J connectivity index is 1.26. The Morgan fingerprint density at radius 3 is 2.38 bits per heavy atom. The van der Waals surface area contributed by atoms with E-state index in [1.54, 1.807) is 0 Å². The third-order valence-electron chi connectivity index (χ3n) is 5.42. The van der Waals surface area contributed by atoms with Gasteiger partial charge in [-0.3, -0.25) is 4.79 Å². The van der Waals surface area contributed by atoms with Crippen LogP contribution in [0.3, 0.4) is 0 Å². The van der Waals surface area contributed by atoms with Crippen molar-refractivity contribution < 1.29 is 23.7 Å². The van der Waals surface area contributed by atoms with Crippen LogP contribution >= 0.6 is 0 Å². The lowest BCUT2D eigenvalue weighted by Crippen LogP contribution is -2.41. The first-order valence-electron chi connectivity index (χ1n) is 9.66. The lowest BCUT2D eigenvalue weighted by Gasteiger charge is -2.33. The first-order valence-corrected chi connectivity index (χ1v) is 9.66. The highest BCUT2D eigenvalue weighted by molar-refractivity contribution is 5.94. The van der Waals surface area contributed by atoms with Gasteiger partial charge in [-0.15, -0.1) is 0 Å². The number of rotatable bonds is 5. The summed E-state index contributed by atoms with van der Waals surface area (Å²) in [6.45, 7) is 4.29. The van der Waals surface area contributed by atoms with Crippen LogP contribution in [0.1, 0.15) is 36.0 Å². The fourth-order valence-corrected chi connectivity index (χ4v) is 3.86. The minimum Gasteiger partial charge on any atom is -0.491 e. The second-order valence-corrected chi connectivity index (χ2v) is 7.21. The lowest BCUT2D eigenvalue weighted by atomic mass is 9.95. The van der Waals surface area contributed by atoms with Crippen LogP contribution in [0.5, 0.6) is 5.75 Å². The molecule has 0 aromatic heterocycles. The molecule has 142 valence electrons. The molecular weight excluding hydrogens is 334 g/mol. The van der Waals surface area contributed by atoms with Crippen molar-refractivity contribution in [1.29, 1.82) is 0 Å². The number of nitrogens with zero attached hydrogens (tertiary/aromatic N) is 1. The standard InChI is InChI=1S/C20H27NO5/c22-19(21-9-7-16(8-10-21)20-24-12-13-25-20)15-3-5-17(6-4-15)26-14-18-2-1-11-23-18/h3-6,16,18,20H,1-2,7-14H2. The normalized spacial score (nSPS) is 24.9. The van der Waals surface area contributed by atoms with Crippen LogP contribution in [-0.2, 0) is 14.2 Å². The molecule has 0 saturated carbocycles. The molecule has 1 unspecified atom stereocenters. The van der Waals surface area contributed by atoms with Gasteiger partial charge in [0.05, 0.1) is 19.3 Å². The van der Waals surface area contributed by atoms with Crippen LogP contribution in [0.15, 0.2) is 24.3 Å². The van der Waals surface area contributed by atoms with Crippen LogP contribution in [0, 0.1) is 5.92 Å². The third kappa shape index (κ3) is 4.19. The quantitative estimate of drug-likeness (QED) is 0.806. The number of benzene rings is 1. The number of ether oxygens (including phenoxy) is 4. The molecule has 1 aromatic rings. The van der Waals surface area contributed by atoms with E-state index in [2.05, 4.69) is 0 Å². The topological polar surface area (TPSA) is 57.2 Å². The molecule has 0 spiro atoms. The second kappa shape index (κ2) is 8.37. The van der Waals surface area contributed by atoms with Gasteiger partial charge in [-0.05, 0) is 49.9 Å². The predicted molar refractivity (Wildman–Crippen MR) is 95.2 cm³/mol. The van der Waals surface area contributed by atoms with E-state index in [0.717, 1.165) is 51.1 Å². The predicted octanol–water partition coefficient (Wildman–Crippen LogP) is 2.47. The summed E-state index contributed by atoms with van der Waals surface area (Å²) >= 11 is 0. The summed E-state index contributed by atoms with van der Waals surface area (Å²) in [5.41, 5.74) is 0.710. The molecule has 3 fully saturated rings. The molecule has 3 saturated heterocycles. The van der Waals surface area contributed by atoms with Gasteiger partial charge >= 0.3 is 0 Å². The number of carbonyl (C=O) groups excluding carboxylic acids is 1. The Labute approximate surface area is 154 Å². The highest BCUT2D eigenvalue weighted by Crippen LogP contribution is 2.27. The van der Waals surface area contributed by atoms with Crippen LogP contribution in [0.2, 0.25) is 0 Å². The van der Waals surface area contributed by atoms with Crippen molar-refractivity contribution in [3.63, 3.8) is 0 Å². The summed E-state index contributed by atoms with van der Waals surface area (Å²) in [5, 5.41) is 0. The molecule has 6 nitrogen and oxygen atoms in total. The maximum atomic E-state index is 12.7. The van der Waals surface area contributed by atoms with E-state index in [4.69, 9.17) is 18.9 Å². The Bertz CT molecular complexity index is 585. The molecule has 0 radical (unpaired) electrons. The molecule has 1 aromatic carbocycles. The molecule has 0 N–H and O–H groups in total. The fourth-order valence-electron chi connectivity index (χ4n) is 3.86. The molecule has 4 rings (SSSR count). The number of hydrogen-bond donors (Lipinski definition) is 0. The van der Waals surface area contributed by atoms with Gasteiger partial charge in [0.25, 0.3) is 5.91 Å². The number of piperidine rings is 1. The van der Waals surface area contributed by atoms with Gasteiger partial charge in [0, 0.05) is 31.2 Å². The fraction of sp³-hybridized carbons (Fsp3) is 0.650. The van der Waals surface area contributed by atoms with Gasteiger partial charge in [-0.2, -0.15) is 0 Å². The molecule has 26 heavy (non-hydrogen) atoms. The van der Waals surface area contributed by atoms with E-state index in [0.29, 0.717) is 31.3 Å². The van der Waals surface area contributed by atoms with Gasteiger partial charge < -0.3 is 23.8 Å². The molecule has 0 aliphatic carbocycles. The Morgan fingerprint density at radius 1 is 1.00 bits per heavy atom. The zero-order valence-corrected chi connectivity index (χ0v) is 15.1. The summed E-state index contributed by atoms with van der Waals surface area (Å²) in [7, 11) is 0. The number of hydrogen-bond acceptors (Lipinski definition) is 5. The minimum absolute atomic E-state index is 0.0764. The van der Waals surface area contributed by atoms with Crippen molar-refractivity contribution in [3.05, 3.63) is 29.8 Å². The van der Waals surface area contributed by atoms with E-state index in [1.165, 1.54) is 0 Å². The molecule has 1 atom stereocenters. The summed E-state index contributed by atoms with van der Waals surface area (Å²) in [5.74, 6) is 1.27. The molecular formula is C20H27NO5. The maximum Gasteiger partial charge on any atom is 0.253 e. The van der Waals surface area contributed by atoms with Crippen molar-refractivity contribution in [1.82, 2.24) is 4.90 Å². The summed E-state index contributed by atoms with van der Waals surface area (Å²) in [6, 6.07) is 7.44. The number of amides is 1. The molecule has 0 bridgehead atoms. The third-order valence-corrected chi connectivity index (χ3v) is 5.42. The largest absolute Gasteiger partial charge is 0.491 e. The number of carbonyl (C=O) groups is 1.